The SMILES string of the molecule is CN(C)N(CC=C=O)c1ccccc1. The van der Waals surface area contributed by atoms with Crippen molar-refractivity contribution < 1.29 is 4.79 Å². The lowest BCUT2D eigenvalue weighted by Gasteiger charge is -2.29. The summed E-state index contributed by atoms with van der Waals surface area (Å²) in [6, 6.07) is 9.90. The molecule has 0 bridgehead atoms. The monoisotopic (exact) mass is 190 g/mol. The van der Waals surface area contributed by atoms with Gasteiger partial charge in [-0.05, 0) is 12.1 Å². The summed E-state index contributed by atoms with van der Waals surface area (Å²) in [6.45, 7) is 0.542. The fraction of sp³-hybridized carbons (Fsp3) is 0.273. The Morgan fingerprint density at radius 2 is 1.93 bits per heavy atom. The van der Waals surface area contributed by atoms with Crippen LogP contribution in [0.1, 0.15) is 0 Å². The van der Waals surface area contributed by atoms with Crippen LogP contribution >= 0.6 is 0 Å². The Hall–Kier alpha value is -1.57. The third-order valence-corrected chi connectivity index (χ3v) is 1.88. The molecule has 0 aliphatic heterocycles. The van der Waals surface area contributed by atoms with Gasteiger partial charge in [-0.1, -0.05) is 18.2 Å². The minimum atomic E-state index is 0.542. The van der Waals surface area contributed by atoms with Crippen LogP contribution < -0.4 is 5.01 Å². The zero-order valence-electron chi connectivity index (χ0n) is 8.47. The highest BCUT2D eigenvalue weighted by atomic mass is 16.1. The number of carbonyl (C=O) groups excluding carboxylic acids is 1. The topological polar surface area (TPSA) is 23.6 Å². The predicted octanol–water partition coefficient (Wildman–Crippen LogP) is 1.36. The molecule has 0 spiro atoms. The standard InChI is InChI=1S/C11H14N2O/c1-12(2)13(9-6-10-14)11-7-4-3-5-8-11/h3-8H,9H2,1-2H3. The second-order valence-corrected chi connectivity index (χ2v) is 3.09. The third-order valence-electron chi connectivity index (χ3n) is 1.88. The Morgan fingerprint density at radius 3 is 2.43 bits per heavy atom. The smallest absolute Gasteiger partial charge is 0.121 e. The molecular formula is C11H14N2O. The van der Waals surface area contributed by atoms with Gasteiger partial charge in [-0.25, -0.2) is 9.80 Å². The fourth-order valence-corrected chi connectivity index (χ4v) is 1.22. The van der Waals surface area contributed by atoms with Crippen molar-refractivity contribution in [2.45, 2.75) is 0 Å². The molecule has 0 N–H and O–H groups in total. The molecule has 3 nitrogen and oxygen atoms in total. The van der Waals surface area contributed by atoms with Crippen molar-refractivity contribution in [2.75, 3.05) is 25.6 Å². The third kappa shape index (κ3) is 2.73. The molecule has 0 unspecified atom stereocenters. The first-order valence-corrected chi connectivity index (χ1v) is 4.45. The van der Waals surface area contributed by atoms with Crippen molar-refractivity contribution in [3.8, 4) is 0 Å². The van der Waals surface area contributed by atoms with Crippen LogP contribution in [0.5, 0.6) is 0 Å². The lowest BCUT2D eigenvalue weighted by molar-refractivity contribution is 0.383. The van der Waals surface area contributed by atoms with Gasteiger partial charge in [0.25, 0.3) is 0 Å². The maximum absolute atomic E-state index is 10.1. The molecular weight excluding hydrogens is 176 g/mol. The fourth-order valence-electron chi connectivity index (χ4n) is 1.22. The Morgan fingerprint density at radius 1 is 1.29 bits per heavy atom. The quantitative estimate of drug-likeness (QED) is 0.529. The second-order valence-electron chi connectivity index (χ2n) is 3.09. The van der Waals surface area contributed by atoms with E-state index in [9.17, 15) is 4.79 Å². The van der Waals surface area contributed by atoms with Crippen LogP contribution in [0.4, 0.5) is 5.69 Å². The van der Waals surface area contributed by atoms with E-state index in [1.807, 2.05) is 54.4 Å². The van der Waals surface area contributed by atoms with E-state index in [1.165, 1.54) is 6.08 Å². The summed E-state index contributed by atoms with van der Waals surface area (Å²) >= 11 is 0. The summed E-state index contributed by atoms with van der Waals surface area (Å²) < 4.78 is 0. The Labute approximate surface area is 84.2 Å². The molecule has 0 saturated heterocycles. The number of anilines is 1. The molecule has 0 aliphatic rings. The molecule has 74 valence electrons. The van der Waals surface area contributed by atoms with Gasteiger partial charge in [-0.3, -0.25) is 0 Å². The molecule has 0 atom stereocenters. The number of hydrogen-bond donors (Lipinski definition) is 0. The summed E-state index contributed by atoms with van der Waals surface area (Å²) in [5.41, 5.74) is 1.06. The molecule has 14 heavy (non-hydrogen) atoms. The van der Waals surface area contributed by atoms with Crippen molar-refractivity contribution in [2.24, 2.45) is 0 Å². The molecule has 0 radical (unpaired) electrons. The van der Waals surface area contributed by atoms with E-state index in [0.717, 1.165) is 5.69 Å². The van der Waals surface area contributed by atoms with Crippen LogP contribution in [-0.2, 0) is 4.79 Å². The van der Waals surface area contributed by atoms with Crippen LogP contribution in [0.2, 0.25) is 0 Å². The first-order chi connectivity index (χ1) is 6.75. The van der Waals surface area contributed by atoms with Gasteiger partial charge in [0.1, 0.15) is 5.94 Å². The maximum atomic E-state index is 10.1. The van der Waals surface area contributed by atoms with E-state index in [1.54, 1.807) is 5.94 Å². The molecule has 0 saturated carbocycles. The van der Waals surface area contributed by atoms with Crippen LogP contribution in [0.15, 0.2) is 36.4 Å². The highest BCUT2D eigenvalue weighted by Gasteiger charge is 2.05. The van der Waals surface area contributed by atoms with Gasteiger partial charge < -0.3 is 5.01 Å². The summed E-state index contributed by atoms with van der Waals surface area (Å²) in [7, 11) is 3.87. The van der Waals surface area contributed by atoms with Crippen LogP contribution in [0.25, 0.3) is 0 Å². The van der Waals surface area contributed by atoms with E-state index < -0.39 is 0 Å². The van der Waals surface area contributed by atoms with Crippen molar-refractivity contribution >= 4 is 11.6 Å². The Balaban J connectivity index is 2.83. The molecule has 0 aliphatic carbocycles. The lowest BCUT2D eigenvalue weighted by Crippen LogP contribution is -2.37. The van der Waals surface area contributed by atoms with Gasteiger partial charge in [0.15, 0.2) is 0 Å². The molecule has 0 heterocycles. The van der Waals surface area contributed by atoms with Gasteiger partial charge in [0.05, 0.1) is 12.2 Å². The van der Waals surface area contributed by atoms with Gasteiger partial charge in [0.2, 0.25) is 0 Å². The first-order valence-electron chi connectivity index (χ1n) is 4.45. The van der Waals surface area contributed by atoms with Gasteiger partial charge in [-0.2, -0.15) is 0 Å². The number of hydrazine groups is 1. The largest absolute Gasteiger partial charge is 0.302 e. The molecule has 1 rings (SSSR count). The average Bonchev–Trinajstić information content (AvgIpc) is 2.19. The minimum absolute atomic E-state index is 0.542. The van der Waals surface area contributed by atoms with Crippen LogP contribution in [-0.4, -0.2) is 31.6 Å². The minimum Gasteiger partial charge on any atom is -0.302 e. The van der Waals surface area contributed by atoms with Crippen LogP contribution in [0.3, 0.4) is 0 Å². The number of nitrogens with zero attached hydrogens (tertiary/aromatic N) is 2. The van der Waals surface area contributed by atoms with E-state index >= 15 is 0 Å². The normalized spacial score (nSPS) is 9.64. The Kier molecular flexibility index (Phi) is 3.92. The van der Waals surface area contributed by atoms with Gasteiger partial charge >= 0.3 is 0 Å². The lowest BCUT2D eigenvalue weighted by atomic mass is 10.3. The number of hydrogen-bond acceptors (Lipinski definition) is 3. The van der Waals surface area contributed by atoms with E-state index in [2.05, 4.69) is 0 Å². The number of para-hydroxylation sites is 1. The van der Waals surface area contributed by atoms with Gasteiger partial charge in [-0.15, -0.1) is 0 Å². The summed E-state index contributed by atoms with van der Waals surface area (Å²) in [5, 5.41) is 3.91. The number of benzene rings is 1. The summed E-state index contributed by atoms with van der Waals surface area (Å²) in [4.78, 5) is 10.1. The summed E-state index contributed by atoms with van der Waals surface area (Å²) in [5.74, 6) is 1.78. The zero-order valence-corrected chi connectivity index (χ0v) is 8.47. The first kappa shape index (κ1) is 10.5. The van der Waals surface area contributed by atoms with Gasteiger partial charge in [0, 0.05) is 20.2 Å². The van der Waals surface area contributed by atoms with E-state index in [4.69, 9.17) is 0 Å². The molecule has 0 fully saturated rings. The second kappa shape index (κ2) is 5.22. The molecule has 1 aromatic rings. The highest BCUT2D eigenvalue weighted by Crippen LogP contribution is 2.13. The molecule has 0 aromatic heterocycles. The van der Waals surface area contributed by atoms with Crippen molar-refractivity contribution in [3.05, 3.63) is 36.4 Å². The van der Waals surface area contributed by atoms with Crippen molar-refractivity contribution in [1.82, 2.24) is 5.01 Å². The van der Waals surface area contributed by atoms with Crippen molar-refractivity contribution in [3.63, 3.8) is 0 Å². The van der Waals surface area contributed by atoms with E-state index in [-0.39, 0.29) is 0 Å². The zero-order chi connectivity index (χ0) is 10.4. The molecule has 0 amide bonds. The highest BCUT2D eigenvalue weighted by molar-refractivity contribution is 5.50. The van der Waals surface area contributed by atoms with E-state index in [0.29, 0.717) is 6.54 Å². The predicted molar refractivity (Wildman–Crippen MR) is 57.7 cm³/mol. The summed E-state index contributed by atoms with van der Waals surface area (Å²) in [6.07, 6.45) is 1.47. The Bertz CT molecular complexity index is 315. The van der Waals surface area contributed by atoms with Crippen molar-refractivity contribution in [1.29, 1.82) is 0 Å². The average molecular weight is 190 g/mol. The molecule has 3 heteroatoms. The van der Waals surface area contributed by atoms with Crippen LogP contribution in [0, 0.1) is 0 Å². The molecule has 1 aromatic carbocycles. The number of rotatable bonds is 4. The maximum Gasteiger partial charge on any atom is 0.121 e.